The Kier molecular flexibility index (Phi) is 11.1. The van der Waals surface area contributed by atoms with Crippen molar-refractivity contribution in [3.63, 3.8) is 0 Å². The number of benzene rings is 1. The second-order valence-electron chi connectivity index (χ2n) is 6.64. The maximum absolute atomic E-state index is 4.79. The first-order chi connectivity index (χ1) is 12.6. The lowest BCUT2D eigenvalue weighted by atomic mass is 10.1. The van der Waals surface area contributed by atoms with Gasteiger partial charge in [-0.05, 0) is 44.2 Å². The molecule has 1 aromatic carbocycles. The third-order valence-corrected chi connectivity index (χ3v) is 4.54. The molecule has 2 rings (SSSR count). The molecule has 150 valence electrons. The minimum absolute atomic E-state index is 0. The lowest BCUT2D eigenvalue weighted by Gasteiger charge is -2.22. The second-order valence-corrected chi connectivity index (χ2v) is 6.64. The Labute approximate surface area is 181 Å². The summed E-state index contributed by atoms with van der Waals surface area (Å²) in [6, 6.07) is 8.86. The Morgan fingerprint density at radius 2 is 1.85 bits per heavy atom. The zero-order chi connectivity index (χ0) is 18.8. The van der Waals surface area contributed by atoms with Gasteiger partial charge in [-0.3, -0.25) is 4.99 Å². The molecule has 27 heavy (non-hydrogen) atoms. The number of hydrogen-bond donors (Lipinski definition) is 1. The number of aliphatic imine (C=N–C) groups is 1. The number of rotatable bonds is 9. The van der Waals surface area contributed by atoms with Gasteiger partial charge < -0.3 is 14.8 Å². The minimum Gasteiger partial charge on any atom is -0.357 e. The fourth-order valence-electron chi connectivity index (χ4n) is 2.92. The molecule has 0 saturated carbocycles. The van der Waals surface area contributed by atoms with E-state index in [0.717, 1.165) is 57.2 Å². The van der Waals surface area contributed by atoms with Crippen LogP contribution in [0, 0.1) is 6.92 Å². The minimum atomic E-state index is 0. The van der Waals surface area contributed by atoms with Gasteiger partial charge in [-0.2, -0.15) is 0 Å². The number of aromatic nitrogens is 2. The second kappa shape index (κ2) is 12.8. The summed E-state index contributed by atoms with van der Waals surface area (Å²) in [6.45, 7) is 9.94. The molecule has 2 aromatic rings. The van der Waals surface area contributed by atoms with Crippen LogP contribution in [-0.2, 0) is 19.5 Å². The quantitative estimate of drug-likeness (QED) is 0.251. The molecule has 0 fully saturated rings. The topological polar surface area (TPSA) is 45.5 Å². The van der Waals surface area contributed by atoms with Crippen molar-refractivity contribution in [3.8, 4) is 0 Å². The van der Waals surface area contributed by atoms with Gasteiger partial charge in [0, 0.05) is 45.6 Å². The summed E-state index contributed by atoms with van der Waals surface area (Å²) >= 11 is 0. The lowest BCUT2D eigenvalue weighted by molar-refractivity contribution is 0.475. The fourth-order valence-corrected chi connectivity index (χ4v) is 2.92. The summed E-state index contributed by atoms with van der Waals surface area (Å²) in [4.78, 5) is 11.3. The van der Waals surface area contributed by atoms with Crippen molar-refractivity contribution in [1.29, 1.82) is 0 Å². The molecule has 1 N–H and O–H groups in total. The molecule has 0 aliphatic heterocycles. The highest BCUT2D eigenvalue weighted by atomic mass is 127. The Hall–Kier alpha value is -1.57. The zero-order valence-electron chi connectivity index (χ0n) is 17.1. The Bertz CT molecular complexity index is 678. The van der Waals surface area contributed by atoms with Crippen molar-refractivity contribution < 1.29 is 0 Å². The number of imidazole rings is 1. The Balaban J connectivity index is 0.00000364. The molecule has 0 aliphatic rings. The van der Waals surface area contributed by atoms with Crippen LogP contribution >= 0.6 is 24.0 Å². The molecule has 0 spiro atoms. The predicted molar refractivity (Wildman–Crippen MR) is 125 cm³/mol. The number of nitrogens with one attached hydrogen (secondary N) is 1. The highest BCUT2D eigenvalue weighted by Gasteiger charge is 2.06. The van der Waals surface area contributed by atoms with E-state index in [9.17, 15) is 0 Å². The first kappa shape index (κ1) is 23.5. The van der Waals surface area contributed by atoms with E-state index in [1.165, 1.54) is 11.1 Å². The van der Waals surface area contributed by atoms with Crippen LogP contribution in [0.3, 0.4) is 0 Å². The number of halogens is 1. The van der Waals surface area contributed by atoms with Gasteiger partial charge in [0.05, 0.1) is 0 Å². The Morgan fingerprint density at radius 1 is 1.15 bits per heavy atom. The summed E-state index contributed by atoms with van der Waals surface area (Å²) in [6.07, 6.45) is 7.17. The van der Waals surface area contributed by atoms with Crippen LogP contribution in [0.4, 0.5) is 0 Å². The van der Waals surface area contributed by atoms with Crippen molar-refractivity contribution >= 4 is 29.9 Å². The summed E-state index contributed by atoms with van der Waals surface area (Å²) in [7, 11) is 2.10. The monoisotopic (exact) mass is 483 g/mol. The largest absolute Gasteiger partial charge is 0.357 e. The molecule has 0 bridgehead atoms. The maximum atomic E-state index is 4.79. The first-order valence-electron chi connectivity index (χ1n) is 9.69. The molecule has 5 nitrogen and oxygen atoms in total. The first-order valence-corrected chi connectivity index (χ1v) is 9.69. The molecule has 6 heteroatoms. The van der Waals surface area contributed by atoms with Crippen molar-refractivity contribution in [2.75, 3.05) is 20.1 Å². The van der Waals surface area contributed by atoms with Gasteiger partial charge >= 0.3 is 0 Å². The summed E-state index contributed by atoms with van der Waals surface area (Å²) < 4.78 is 2.20. The molecule has 0 unspecified atom stereocenters. The van der Waals surface area contributed by atoms with E-state index in [-0.39, 0.29) is 24.0 Å². The van der Waals surface area contributed by atoms with Gasteiger partial charge in [0.15, 0.2) is 5.96 Å². The Morgan fingerprint density at radius 3 is 2.44 bits per heavy atom. The van der Waals surface area contributed by atoms with Crippen molar-refractivity contribution in [1.82, 2.24) is 19.8 Å². The molecule has 0 aliphatic carbocycles. The average molecular weight is 483 g/mol. The van der Waals surface area contributed by atoms with Crippen LogP contribution < -0.4 is 5.32 Å². The van der Waals surface area contributed by atoms with Gasteiger partial charge in [0.2, 0.25) is 0 Å². The highest BCUT2D eigenvalue weighted by Crippen LogP contribution is 2.08. The SMILES string of the molecule is CCNC(=NCCCCn1ccnc1C)N(C)Cc1ccc(CC)cc1.I. The molecule has 1 heterocycles. The van der Waals surface area contributed by atoms with Crippen LogP contribution in [0.1, 0.15) is 43.6 Å². The highest BCUT2D eigenvalue weighted by molar-refractivity contribution is 14.0. The van der Waals surface area contributed by atoms with Gasteiger partial charge in [0.1, 0.15) is 5.82 Å². The zero-order valence-corrected chi connectivity index (χ0v) is 19.4. The predicted octanol–water partition coefficient (Wildman–Crippen LogP) is 4.25. The van der Waals surface area contributed by atoms with Gasteiger partial charge in [0.25, 0.3) is 0 Å². The summed E-state index contributed by atoms with van der Waals surface area (Å²) in [5.41, 5.74) is 2.69. The number of nitrogens with zero attached hydrogens (tertiary/aromatic N) is 4. The van der Waals surface area contributed by atoms with E-state index < -0.39 is 0 Å². The molecular weight excluding hydrogens is 449 g/mol. The number of unbranched alkanes of at least 4 members (excludes halogenated alkanes) is 1. The maximum Gasteiger partial charge on any atom is 0.193 e. The normalized spacial score (nSPS) is 11.2. The summed E-state index contributed by atoms with van der Waals surface area (Å²) in [5, 5.41) is 3.40. The number of aryl methyl sites for hydroxylation is 3. The van der Waals surface area contributed by atoms with Gasteiger partial charge in [-0.25, -0.2) is 4.98 Å². The van der Waals surface area contributed by atoms with E-state index in [1.54, 1.807) is 0 Å². The number of guanidine groups is 1. The number of hydrogen-bond acceptors (Lipinski definition) is 2. The van der Waals surface area contributed by atoms with E-state index in [2.05, 4.69) is 64.9 Å². The lowest BCUT2D eigenvalue weighted by Crippen LogP contribution is -2.38. The molecule has 0 saturated heterocycles. The van der Waals surface area contributed by atoms with E-state index in [4.69, 9.17) is 4.99 Å². The van der Waals surface area contributed by atoms with Crippen LogP contribution in [0.2, 0.25) is 0 Å². The van der Waals surface area contributed by atoms with Crippen LogP contribution in [0.15, 0.2) is 41.7 Å². The van der Waals surface area contributed by atoms with Gasteiger partial charge in [-0.1, -0.05) is 31.2 Å². The van der Waals surface area contributed by atoms with Crippen molar-refractivity contribution in [3.05, 3.63) is 53.6 Å². The van der Waals surface area contributed by atoms with Crippen molar-refractivity contribution in [2.45, 2.75) is 53.1 Å². The van der Waals surface area contributed by atoms with E-state index in [1.807, 2.05) is 19.3 Å². The fraction of sp³-hybridized carbons (Fsp3) is 0.524. The third-order valence-electron chi connectivity index (χ3n) is 4.54. The molecule has 0 radical (unpaired) electrons. The smallest absolute Gasteiger partial charge is 0.193 e. The molecule has 0 atom stereocenters. The van der Waals surface area contributed by atoms with E-state index >= 15 is 0 Å². The van der Waals surface area contributed by atoms with Crippen LogP contribution in [0.25, 0.3) is 0 Å². The molecular formula is C21H34IN5. The molecule has 0 amide bonds. The van der Waals surface area contributed by atoms with Crippen molar-refractivity contribution in [2.24, 2.45) is 4.99 Å². The van der Waals surface area contributed by atoms with Crippen LogP contribution in [0.5, 0.6) is 0 Å². The third kappa shape index (κ3) is 7.91. The molecule has 1 aromatic heterocycles. The standard InChI is InChI=1S/C21H33N5.HI/c1-5-19-9-11-20(12-10-19)17-25(4)21(22-6-2)24-13-7-8-15-26-16-14-23-18(26)3;/h9-12,14,16H,5-8,13,15,17H2,1-4H3,(H,22,24);1H. The van der Waals surface area contributed by atoms with Gasteiger partial charge in [-0.15, -0.1) is 24.0 Å². The van der Waals surface area contributed by atoms with Crippen LogP contribution in [-0.4, -0.2) is 40.5 Å². The average Bonchev–Trinajstić information content (AvgIpc) is 3.06. The van der Waals surface area contributed by atoms with E-state index in [0.29, 0.717) is 0 Å². The summed E-state index contributed by atoms with van der Waals surface area (Å²) in [5.74, 6) is 2.06.